The molecule has 0 rings (SSSR count). The van der Waals surface area contributed by atoms with Crippen molar-refractivity contribution in [2.24, 2.45) is 0 Å². The molecule has 1 atom stereocenters. The first-order valence-electron chi connectivity index (χ1n) is 3.13. The molecule has 0 heterocycles. The van der Waals surface area contributed by atoms with Crippen LogP contribution < -0.4 is 0 Å². The van der Waals surface area contributed by atoms with Crippen molar-refractivity contribution >= 4 is 5.97 Å². The van der Waals surface area contributed by atoms with Gasteiger partial charge in [-0.15, -0.1) is 0 Å². The van der Waals surface area contributed by atoms with Gasteiger partial charge in [-0.3, -0.25) is 0 Å². The third-order valence-electron chi connectivity index (χ3n) is 0.988. The fraction of sp³-hybridized carbons (Fsp3) is 0.833. The van der Waals surface area contributed by atoms with Crippen molar-refractivity contribution in [3.8, 4) is 0 Å². The van der Waals surface area contributed by atoms with Gasteiger partial charge in [-0.1, -0.05) is 0 Å². The monoisotopic (exact) mass is 150 g/mol. The SMILES string of the molecule is CCOCC[C@H](F)C(=O)O. The number of carbonyl (C=O) groups is 1. The van der Waals surface area contributed by atoms with Crippen molar-refractivity contribution < 1.29 is 19.0 Å². The zero-order valence-electron chi connectivity index (χ0n) is 5.84. The Morgan fingerprint density at radius 3 is 2.80 bits per heavy atom. The Morgan fingerprint density at radius 1 is 1.80 bits per heavy atom. The van der Waals surface area contributed by atoms with Gasteiger partial charge in [-0.05, 0) is 6.92 Å². The van der Waals surface area contributed by atoms with E-state index in [1.807, 2.05) is 0 Å². The smallest absolute Gasteiger partial charge is 0.338 e. The molecule has 0 amide bonds. The van der Waals surface area contributed by atoms with Crippen LogP contribution in [0.15, 0.2) is 0 Å². The first-order valence-corrected chi connectivity index (χ1v) is 3.13. The van der Waals surface area contributed by atoms with Crippen LogP contribution in [0.25, 0.3) is 0 Å². The van der Waals surface area contributed by atoms with Crippen LogP contribution in [-0.2, 0) is 9.53 Å². The first-order chi connectivity index (χ1) is 4.68. The van der Waals surface area contributed by atoms with Gasteiger partial charge in [0, 0.05) is 19.6 Å². The van der Waals surface area contributed by atoms with Gasteiger partial charge in [-0.2, -0.15) is 0 Å². The van der Waals surface area contributed by atoms with E-state index in [0.717, 1.165) is 0 Å². The molecule has 60 valence electrons. The lowest BCUT2D eigenvalue weighted by atomic mass is 10.3. The molecule has 0 radical (unpaired) electrons. The molecule has 0 spiro atoms. The molecule has 0 aromatic heterocycles. The zero-order valence-corrected chi connectivity index (χ0v) is 5.84. The first kappa shape index (κ1) is 9.36. The minimum atomic E-state index is -1.79. The van der Waals surface area contributed by atoms with E-state index in [1.54, 1.807) is 6.92 Å². The number of carboxylic acids is 1. The molecule has 0 aliphatic heterocycles. The minimum Gasteiger partial charge on any atom is -0.479 e. The number of aliphatic carboxylic acids is 1. The molecule has 0 saturated carbocycles. The minimum absolute atomic E-state index is 0.0663. The van der Waals surface area contributed by atoms with Gasteiger partial charge in [-0.25, -0.2) is 9.18 Å². The van der Waals surface area contributed by atoms with Gasteiger partial charge in [0.1, 0.15) is 0 Å². The Balaban J connectivity index is 3.21. The van der Waals surface area contributed by atoms with E-state index in [1.165, 1.54) is 0 Å². The van der Waals surface area contributed by atoms with Crippen LogP contribution in [0.4, 0.5) is 4.39 Å². The highest BCUT2D eigenvalue weighted by molar-refractivity contribution is 5.71. The number of ether oxygens (including phenoxy) is 1. The number of carboxylic acid groups (broad SMARTS) is 1. The van der Waals surface area contributed by atoms with Crippen LogP contribution >= 0.6 is 0 Å². The lowest BCUT2D eigenvalue weighted by Gasteiger charge is -2.01. The van der Waals surface area contributed by atoms with Gasteiger partial charge in [0.15, 0.2) is 6.17 Å². The van der Waals surface area contributed by atoms with Crippen LogP contribution in [0.2, 0.25) is 0 Å². The highest BCUT2D eigenvalue weighted by Gasteiger charge is 2.14. The maximum absolute atomic E-state index is 12.2. The summed E-state index contributed by atoms with van der Waals surface area (Å²) in [7, 11) is 0. The van der Waals surface area contributed by atoms with Gasteiger partial charge in [0.2, 0.25) is 0 Å². The molecule has 0 unspecified atom stereocenters. The Morgan fingerprint density at radius 2 is 2.40 bits per heavy atom. The summed E-state index contributed by atoms with van der Waals surface area (Å²) in [6.45, 7) is 2.43. The largest absolute Gasteiger partial charge is 0.479 e. The van der Waals surface area contributed by atoms with Crippen LogP contribution in [0.1, 0.15) is 13.3 Å². The lowest BCUT2D eigenvalue weighted by Crippen LogP contribution is -2.16. The maximum Gasteiger partial charge on any atom is 0.338 e. The standard InChI is InChI=1S/C6H11FO3/c1-2-10-4-3-5(7)6(8)9/h5H,2-4H2,1H3,(H,8,9)/t5-/m0/s1. The molecule has 0 aliphatic rings. The van der Waals surface area contributed by atoms with Crippen molar-refractivity contribution in [2.45, 2.75) is 19.5 Å². The Bertz CT molecular complexity index is 105. The van der Waals surface area contributed by atoms with Crippen molar-refractivity contribution in [2.75, 3.05) is 13.2 Å². The molecule has 0 aromatic carbocycles. The predicted octanol–water partition coefficient (Wildman–Crippen LogP) is 0.836. The summed E-state index contributed by atoms with van der Waals surface area (Å²) < 4.78 is 16.9. The van der Waals surface area contributed by atoms with E-state index in [-0.39, 0.29) is 13.0 Å². The van der Waals surface area contributed by atoms with Gasteiger partial charge >= 0.3 is 5.97 Å². The molecular weight excluding hydrogens is 139 g/mol. The Hall–Kier alpha value is -0.640. The number of rotatable bonds is 5. The third kappa shape index (κ3) is 4.26. The van der Waals surface area contributed by atoms with Crippen molar-refractivity contribution in [3.63, 3.8) is 0 Å². The summed E-state index contributed by atoms with van der Waals surface area (Å²) in [6, 6.07) is 0. The second-order valence-corrected chi connectivity index (χ2v) is 1.79. The summed E-state index contributed by atoms with van der Waals surface area (Å²) in [4.78, 5) is 9.86. The van der Waals surface area contributed by atoms with Crippen molar-refractivity contribution in [1.29, 1.82) is 0 Å². The molecule has 0 fully saturated rings. The lowest BCUT2D eigenvalue weighted by molar-refractivity contribution is -0.143. The average Bonchev–Trinajstić information content (AvgIpc) is 1.88. The quantitative estimate of drug-likeness (QED) is 0.590. The highest BCUT2D eigenvalue weighted by Crippen LogP contribution is 1.97. The molecule has 0 bridgehead atoms. The number of halogens is 1. The molecule has 10 heavy (non-hydrogen) atoms. The fourth-order valence-electron chi connectivity index (χ4n) is 0.455. The van der Waals surface area contributed by atoms with E-state index >= 15 is 0 Å². The summed E-state index contributed by atoms with van der Waals surface area (Å²) in [5, 5.41) is 8.05. The topological polar surface area (TPSA) is 46.5 Å². The molecule has 4 heteroatoms. The number of hydrogen-bond acceptors (Lipinski definition) is 2. The summed E-state index contributed by atoms with van der Waals surface area (Å²) in [6.07, 6.45) is -1.85. The summed E-state index contributed by atoms with van der Waals surface area (Å²) >= 11 is 0. The maximum atomic E-state index is 12.2. The van der Waals surface area contributed by atoms with Gasteiger partial charge in [0.25, 0.3) is 0 Å². The van der Waals surface area contributed by atoms with Crippen LogP contribution in [0.3, 0.4) is 0 Å². The van der Waals surface area contributed by atoms with Gasteiger partial charge in [0.05, 0.1) is 0 Å². The van der Waals surface area contributed by atoms with Crippen LogP contribution in [0, 0.1) is 0 Å². The van der Waals surface area contributed by atoms with Crippen LogP contribution in [0.5, 0.6) is 0 Å². The second kappa shape index (κ2) is 5.17. The van der Waals surface area contributed by atoms with E-state index in [2.05, 4.69) is 0 Å². The van der Waals surface area contributed by atoms with E-state index in [0.29, 0.717) is 6.61 Å². The Kier molecular flexibility index (Phi) is 4.84. The molecule has 0 saturated heterocycles. The Labute approximate surface area is 58.8 Å². The van der Waals surface area contributed by atoms with Crippen molar-refractivity contribution in [3.05, 3.63) is 0 Å². The average molecular weight is 150 g/mol. The molecule has 1 N–H and O–H groups in total. The zero-order chi connectivity index (χ0) is 7.98. The summed E-state index contributed by atoms with van der Waals surface area (Å²) in [5.74, 6) is -1.42. The van der Waals surface area contributed by atoms with E-state index < -0.39 is 12.1 Å². The van der Waals surface area contributed by atoms with Crippen molar-refractivity contribution in [1.82, 2.24) is 0 Å². The second-order valence-electron chi connectivity index (χ2n) is 1.79. The molecular formula is C6H11FO3. The fourth-order valence-corrected chi connectivity index (χ4v) is 0.455. The normalized spacial score (nSPS) is 13.0. The number of hydrogen-bond donors (Lipinski definition) is 1. The predicted molar refractivity (Wildman–Crippen MR) is 33.6 cm³/mol. The van der Waals surface area contributed by atoms with E-state index in [4.69, 9.17) is 9.84 Å². The number of alkyl halides is 1. The third-order valence-corrected chi connectivity index (χ3v) is 0.988. The van der Waals surface area contributed by atoms with E-state index in [9.17, 15) is 9.18 Å². The summed E-state index contributed by atoms with van der Waals surface area (Å²) in [5.41, 5.74) is 0. The van der Waals surface area contributed by atoms with Crippen LogP contribution in [-0.4, -0.2) is 30.5 Å². The molecule has 0 aliphatic carbocycles. The molecule has 3 nitrogen and oxygen atoms in total. The van der Waals surface area contributed by atoms with Gasteiger partial charge < -0.3 is 9.84 Å². The highest BCUT2D eigenvalue weighted by atomic mass is 19.1. The molecule has 0 aromatic rings.